The van der Waals surface area contributed by atoms with E-state index in [9.17, 15) is 9.59 Å². The molecule has 4 rings (SSSR count). The SMILES string of the molecule is Cc1cc2nnc(SCC(=O)Nc3ccc(C(=O)O)cc3)n2c2ccccc12. The molecule has 0 saturated heterocycles. The third kappa shape index (κ3) is 3.41. The zero-order valence-corrected chi connectivity index (χ0v) is 15.7. The highest BCUT2D eigenvalue weighted by atomic mass is 32.2. The predicted molar refractivity (Wildman–Crippen MR) is 108 cm³/mol. The van der Waals surface area contributed by atoms with Gasteiger partial charge in [0, 0.05) is 11.1 Å². The molecule has 0 saturated carbocycles. The first-order valence-electron chi connectivity index (χ1n) is 8.52. The maximum atomic E-state index is 12.3. The van der Waals surface area contributed by atoms with Gasteiger partial charge in [-0.05, 0) is 48.9 Å². The van der Waals surface area contributed by atoms with Gasteiger partial charge >= 0.3 is 5.97 Å². The number of nitrogens with one attached hydrogen (secondary N) is 1. The van der Waals surface area contributed by atoms with Gasteiger partial charge in [0.05, 0.1) is 16.8 Å². The summed E-state index contributed by atoms with van der Waals surface area (Å²) in [6.07, 6.45) is 0. The van der Waals surface area contributed by atoms with Gasteiger partial charge in [0.2, 0.25) is 5.91 Å². The summed E-state index contributed by atoms with van der Waals surface area (Å²) in [5.41, 5.74) is 3.57. The standard InChI is InChI=1S/C20H16N4O3S/c1-12-10-17-22-23-20(24(17)16-5-3-2-4-15(12)16)28-11-18(25)21-14-8-6-13(7-9-14)19(26)27/h2-10H,11H2,1H3,(H,21,25)(H,26,27). The Hall–Kier alpha value is -3.39. The van der Waals surface area contributed by atoms with Crippen molar-refractivity contribution in [2.45, 2.75) is 12.1 Å². The van der Waals surface area contributed by atoms with Gasteiger partial charge < -0.3 is 10.4 Å². The summed E-state index contributed by atoms with van der Waals surface area (Å²) in [5, 5.41) is 21.9. The van der Waals surface area contributed by atoms with E-state index in [0.29, 0.717) is 10.8 Å². The van der Waals surface area contributed by atoms with Gasteiger partial charge in [-0.2, -0.15) is 0 Å². The maximum Gasteiger partial charge on any atom is 0.335 e. The Bertz CT molecular complexity index is 1200. The summed E-state index contributed by atoms with van der Waals surface area (Å²) in [4.78, 5) is 23.2. The number of thioether (sulfide) groups is 1. The van der Waals surface area contributed by atoms with E-state index in [-0.39, 0.29) is 17.2 Å². The summed E-state index contributed by atoms with van der Waals surface area (Å²) in [6.45, 7) is 2.03. The Labute approximate surface area is 164 Å². The second-order valence-corrected chi connectivity index (χ2v) is 7.18. The summed E-state index contributed by atoms with van der Waals surface area (Å²) >= 11 is 1.30. The number of hydrogen-bond donors (Lipinski definition) is 2. The lowest BCUT2D eigenvalue weighted by Crippen LogP contribution is -2.14. The topological polar surface area (TPSA) is 96.6 Å². The van der Waals surface area contributed by atoms with Crippen LogP contribution in [0.3, 0.4) is 0 Å². The quantitative estimate of drug-likeness (QED) is 0.504. The average molecular weight is 392 g/mol. The lowest BCUT2D eigenvalue weighted by molar-refractivity contribution is -0.113. The number of aromatic nitrogens is 3. The van der Waals surface area contributed by atoms with Gasteiger partial charge in [0.15, 0.2) is 10.8 Å². The molecule has 8 heteroatoms. The largest absolute Gasteiger partial charge is 0.478 e. The number of benzene rings is 2. The van der Waals surface area contributed by atoms with E-state index in [2.05, 4.69) is 15.5 Å². The number of carbonyl (C=O) groups excluding carboxylic acids is 1. The molecule has 140 valence electrons. The van der Waals surface area contributed by atoms with Gasteiger partial charge in [-0.1, -0.05) is 30.0 Å². The number of pyridine rings is 1. The van der Waals surface area contributed by atoms with Crippen LogP contribution in [0.5, 0.6) is 0 Å². The van der Waals surface area contributed by atoms with E-state index in [4.69, 9.17) is 5.11 Å². The molecule has 2 N–H and O–H groups in total. The number of carboxylic acid groups (broad SMARTS) is 1. The first-order valence-corrected chi connectivity index (χ1v) is 9.51. The zero-order chi connectivity index (χ0) is 19.7. The molecule has 0 fully saturated rings. The number of carboxylic acids is 1. The van der Waals surface area contributed by atoms with Crippen LogP contribution in [0.4, 0.5) is 5.69 Å². The van der Waals surface area contributed by atoms with Crippen molar-refractivity contribution in [3.8, 4) is 0 Å². The number of fused-ring (bicyclic) bond motifs is 3. The summed E-state index contributed by atoms with van der Waals surface area (Å²) in [6, 6.07) is 16.0. The van der Waals surface area contributed by atoms with Gasteiger partial charge in [0.25, 0.3) is 0 Å². The number of rotatable bonds is 5. The molecule has 0 radical (unpaired) electrons. The second kappa shape index (κ2) is 7.32. The van der Waals surface area contributed by atoms with Crippen LogP contribution < -0.4 is 5.32 Å². The van der Waals surface area contributed by atoms with Gasteiger partial charge in [-0.15, -0.1) is 10.2 Å². The van der Waals surface area contributed by atoms with Gasteiger partial charge in [-0.3, -0.25) is 9.20 Å². The highest BCUT2D eigenvalue weighted by molar-refractivity contribution is 7.99. The highest BCUT2D eigenvalue weighted by Crippen LogP contribution is 2.25. The van der Waals surface area contributed by atoms with Crippen molar-refractivity contribution in [3.63, 3.8) is 0 Å². The first-order chi connectivity index (χ1) is 13.5. The Morgan fingerprint density at radius 3 is 2.61 bits per heavy atom. The lowest BCUT2D eigenvalue weighted by atomic mass is 10.1. The molecule has 0 aliphatic carbocycles. The van der Waals surface area contributed by atoms with Crippen LogP contribution in [0.25, 0.3) is 16.6 Å². The Balaban J connectivity index is 1.52. The molecule has 4 aromatic rings. The van der Waals surface area contributed by atoms with Crippen molar-refractivity contribution in [2.75, 3.05) is 11.1 Å². The van der Waals surface area contributed by atoms with E-state index >= 15 is 0 Å². The van der Waals surface area contributed by atoms with E-state index in [1.807, 2.05) is 41.7 Å². The number of hydrogen-bond acceptors (Lipinski definition) is 5. The monoisotopic (exact) mass is 392 g/mol. The number of aryl methyl sites for hydroxylation is 1. The van der Waals surface area contributed by atoms with Gasteiger partial charge in [0.1, 0.15) is 0 Å². The Kier molecular flexibility index (Phi) is 4.70. The molecule has 2 aromatic carbocycles. The number of para-hydroxylation sites is 1. The van der Waals surface area contributed by atoms with Crippen LogP contribution in [-0.2, 0) is 4.79 Å². The van der Waals surface area contributed by atoms with Crippen molar-refractivity contribution in [1.82, 2.24) is 14.6 Å². The lowest BCUT2D eigenvalue weighted by Gasteiger charge is -2.08. The number of anilines is 1. The number of amides is 1. The van der Waals surface area contributed by atoms with E-state index in [1.54, 1.807) is 12.1 Å². The highest BCUT2D eigenvalue weighted by Gasteiger charge is 2.13. The summed E-state index contributed by atoms with van der Waals surface area (Å²) in [5.74, 6) is -1.06. The molecule has 7 nitrogen and oxygen atoms in total. The molecule has 0 spiro atoms. The summed E-state index contributed by atoms with van der Waals surface area (Å²) < 4.78 is 1.95. The van der Waals surface area contributed by atoms with Crippen molar-refractivity contribution in [3.05, 3.63) is 65.7 Å². The fraction of sp³-hybridized carbons (Fsp3) is 0.100. The smallest absolute Gasteiger partial charge is 0.335 e. The van der Waals surface area contributed by atoms with Crippen LogP contribution in [0.15, 0.2) is 59.8 Å². The van der Waals surface area contributed by atoms with Crippen LogP contribution in [0.2, 0.25) is 0 Å². The minimum absolute atomic E-state index is 0.156. The predicted octanol–water partition coefficient (Wildman–Crippen LogP) is 3.62. The molecule has 28 heavy (non-hydrogen) atoms. The molecule has 1 amide bonds. The van der Waals surface area contributed by atoms with Crippen molar-refractivity contribution < 1.29 is 14.7 Å². The van der Waals surface area contributed by atoms with E-state index < -0.39 is 5.97 Å². The average Bonchev–Trinajstić information content (AvgIpc) is 3.10. The third-order valence-electron chi connectivity index (χ3n) is 4.32. The minimum Gasteiger partial charge on any atom is -0.478 e. The summed E-state index contributed by atoms with van der Waals surface area (Å²) in [7, 11) is 0. The molecule has 0 aliphatic heterocycles. The molecule has 2 aromatic heterocycles. The molecule has 2 heterocycles. The van der Waals surface area contributed by atoms with Crippen LogP contribution >= 0.6 is 11.8 Å². The maximum absolute atomic E-state index is 12.3. The van der Waals surface area contributed by atoms with Crippen LogP contribution in [-0.4, -0.2) is 37.3 Å². The van der Waals surface area contributed by atoms with E-state index in [0.717, 1.165) is 22.1 Å². The van der Waals surface area contributed by atoms with Crippen molar-refractivity contribution in [2.24, 2.45) is 0 Å². The van der Waals surface area contributed by atoms with Crippen LogP contribution in [0, 0.1) is 6.92 Å². The molecular formula is C20H16N4O3S. The normalized spacial score (nSPS) is 11.0. The number of aromatic carboxylic acids is 1. The number of carbonyl (C=O) groups is 2. The molecule has 0 bridgehead atoms. The van der Waals surface area contributed by atoms with Crippen molar-refractivity contribution in [1.29, 1.82) is 0 Å². The second-order valence-electron chi connectivity index (χ2n) is 6.24. The molecule has 0 aliphatic rings. The fourth-order valence-corrected chi connectivity index (χ4v) is 3.74. The number of nitrogens with zero attached hydrogens (tertiary/aromatic N) is 3. The van der Waals surface area contributed by atoms with Crippen molar-refractivity contribution >= 4 is 45.9 Å². The molecular weight excluding hydrogens is 376 g/mol. The molecule has 0 atom stereocenters. The Morgan fingerprint density at radius 2 is 1.86 bits per heavy atom. The van der Waals surface area contributed by atoms with Crippen LogP contribution in [0.1, 0.15) is 15.9 Å². The Morgan fingerprint density at radius 1 is 1.11 bits per heavy atom. The van der Waals surface area contributed by atoms with E-state index in [1.165, 1.54) is 23.9 Å². The zero-order valence-electron chi connectivity index (χ0n) is 14.9. The molecule has 0 unspecified atom stereocenters. The van der Waals surface area contributed by atoms with Gasteiger partial charge in [-0.25, -0.2) is 4.79 Å². The fourth-order valence-electron chi connectivity index (χ4n) is 2.99. The third-order valence-corrected chi connectivity index (χ3v) is 5.25. The minimum atomic E-state index is -1.01. The first kappa shape index (κ1) is 18.0.